The molecule has 1 aromatic carbocycles. The zero-order chi connectivity index (χ0) is 30.0. The molecule has 1 aromatic rings. The third-order valence-corrected chi connectivity index (χ3v) is 6.75. The molecule has 0 amide bonds. The summed E-state index contributed by atoms with van der Waals surface area (Å²) < 4.78 is 0. The van der Waals surface area contributed by atoms with Gasteiger partial charge in [0.05, 0.1) is 16.7 Å². The zero-order valence-corrected chi connectivity index (χ0v) is 28.3. The zero-order valence-electron chi connectivity index (χ0n) is 23.8. The summed E-state index contributed by atoms with van der Waals surface area (Å²) in [4.78, 5) is 5.94. The van der Waals surface area contributed by atoms with Crippen LogP contribution in [0.3, 0.4) is 0 Å². The van der Waals surface area contributed by atoms with Crippen molar-refractivity contribution < 1.29 is 15.3 Å². The highest BCUT2D eigenvalue weighted by atomic mass is 35.5. The first-order valence-corrected chi connectivity index (χ1v) is 15.9. The van der Waals surface area contributed by atoms with Gasteiger partial charge < -0.3 is 15.3 Å². The molecule has 12 heteroatoms. The molecule has 0 aliphatic carbocycles. The van der Waals surface area contributed by atoms with Gasteiger partial charge in [-0.15, -0.1) is 69.6 Å². The van der Waals surface area contributed by atoms with Crippen molar-refractivity contribution in [2.24, 2.45) is 0 Å². The van der Waals surface area contributed by atoms with Crippen LogP contribution in [0.1, 0.15) is 58.2 Å². The van der Waals surface area contributed by atoms with Crippen LogP contribution in [0.2, 0.25) is 0 Å². The average molecular weight is 672 g/mol. The molecule has 0 heterocycles. The Morgan fingerprint density at radius 3 is 0.692 bits per heavy atom. The molecule has 6 atom stereocenters. The van der Waals surface area contributed by atoms with Crippen LogP contribution in [0, 0.1) is 0 Å². The van der Waals surface area contributed by atoms with Crippen LogP contribution in [0.5, 0.6) is 17.2 Å². The Labute approximate surface area is 265 Å². The number of phenols is 3. The summed E-state index contributed by atoms with van der Waals surface area (Å²) in [7, 11) is 0. The van der Waals surface area contributed by atoms with Gasteiger partial charge in [-0.25, -0.2) is 0 Å². The van der Waals surface area contributed by atoms with Crippen molar-refractivity contribution in [3.05, 3.63) is 16.7 Å². The van der Waals surface area contributed by atoms with Gasteiger partial charge >= 0.3 is 0 Å². The lowest BCUT2D eigenvalue weighted by Gasteiger charge is -2.31. The lowest BCUT2D eigenvalue weighted by Crippen LogP contribution is -2.35. The number of benzene rings is 1. The molecular weight excluding hydrogens is 627 g/mol. The number of hydrogen-bond acceptors (Lipinski definition) is 6. The molecule has 6 nitrogen and oxygen atoms in total. The van der Waals surface area contributed by atoms with Crippen molar-refractivity contribution in [1.29, 1.82) is 0 Å². The second kappa shape index (κ2) is 18.0. The van der Waals surface area contributed by atoms with Crippen molar-refractivity contribution in [1.82, 2.24) is 14.7 Å². The smallest absolute Gasteiger partial charge is 0.132 e. The Bertz CT molecular complexity index is 711. The van der Waals surface area contributed by atoms with E-state index in [4.69, 9.17) is 69.6 Å². The van der Waals surface area contributed by atoms with Gasteiger partial charge in [0.1, 0.15) is 17.2 Å². The Morgan fingerprint density at radius 2 is 0.564 bits per heavy atom. The number of halogens is 6. The third-order valence-electron chi connectivity index (χ3n) is 5.92. The van der Waals surface area contributed by atoms with Crippen molar-refractivity contribution in [2.75, 3.05) is 39.3 Å². The van der Waals surface area contributed by atoms with Crippen LogP contribution in [0.4, 0.5) is 0 Å². The topological polar surface area (TPSA) is 70.4 Å². The van der Waals surface area contributed by atoms with E-state index in [1.54, 1.807) is 0 Å². The molecule has 0 aliphatic rings. The van der Waals surface area contributed by atoms with E-state index >= 15 is 0 Å². The summed E-state index contributed by atoms with van der Waals surface area (Å²) in [6, 6.07) is 0. The molecule has 0 aliphatic heterocycles. The summed E-state index contributed by atoms with van der Waals surface area (Å²) in [6.07, 6.45) is 0. The molecule has 0 saturated carbocycles. The fourth-order valence-corrected chi connectivity index (χ4v) is 5.92. The molecule has 0 saturated heterocycles. The van der Waals surface area contributed by atoms with Crippen molar-refractivity contribution in [2.45, 2.75) is 93.4 Å². The van der Waals surface area contributed by atoms with Crippen LogP contribution in [-0.2, 0) is 19.6 Å². The monoisotopic (exact) mass is 669 g/mol. The SMILES string of the molecule is C[C@H](Cl)CN(Cc1c(O)c(CN(C[C@@H](C)Cl)C[C@@H](C)Cl)c(O)c(CN(C[C@@H](C)Cl)C[C@@H](C)Cl)c1O)C[C@@H](C)Cl. The number of hydrogen-bond donors (Lipinski definition) is 3. The minimum absolute atomic E-state index is 0.180. The van der Waals surface area contributed by atoms with Crippen LogP contribution in [0.15, 0.2) is 0 Å². The van der Waals surface area contributed by atoms with Gasteiger partial charge in [0.15, 0.2) is 0 Å². The number of phenolic OH excluding ortho intramolecular Hbond substituents is 3. The first-order chi connectivity index (χ1) is 18.0. The van der Waals surface area contributed by atoms with Crippen LogP contribution >= 0.6 is 69.6 Å². The van der Waals surface area contributed by atoms with E-state index < -0.39 is 0 Å². The molecule has 39 heavy (non-hydrogen) atoms. The molecule has 0 unspecified atom stereocenters. The largest absolute Gasteiger partial charge is 0.507 e. The molecule has 0 spiro atoms. The van der Waals surface area contributed by atoms with Gasteiger partial charge in [-0.3, -0.25) is 14.7 Å². The standard InChI is InChI=1S/C27H45Cl6N3O3/c1-16(28)7-34(8-17(2)29)13-22-25(37)23(14-35(9-18(3)30)10-19(4)31)27(39)24(26(22)38)15-36(11-20(5)32)12-21(6)33/h16-21,37-39H,7-15H2,1-6H3/t16-,17-,18-,19-,20-,21+/m1/s1. The molecule has 0 radical (unpaired) electrons. The quantitative estimate of drug-likeness (QED) is 0.147. The number of rotatable bonds is 18. The summed E-state index contributed by atoms with van der Waals surface area (Å²) in [5.41, 5.74) is 0.883. The van der Waals surface area contributed by atoms with Gasteiger partial charge in [-0.2, -0.15) is 0 Å². The molecule has 0 aromatic heterocycles. The van der Waals surface area contributed by atoms with Gasteiger partial charge in [-0.1, -0.05) is 0 Å². The predicted octanol–water partition coefficient (Wildman–Crippen LogP) is 6.97. The second-order valence-corrected chi connectivity index (χ2v) is 15.2. The molecular formula is C27H45Cl6N3O3. The lowest BCUT2D eigenvalue weighted by atomic mass is 9.98. The van der Waals surface area contributed by atoms with Crippen molar-refractivity contribution >= 4 is 69.6 Å². The van der Waals surface area contributed by atoms with Crippen LogP contribution in [-0.4, -0.2) is 102 Å². The van der Waals surface area contributed by atoms with E-state index in [1.807, 2.05) is 56.2 Å². The predicted molar refractivity (Wildman–Crippen MR) is 169 cm³/mol. The van der Waals surface area contributed by atoms with Gasteiger partial charge in [-0.05, 0) is 41.5 Å². The number of nitrogens with zero attached hydrogens (tertiary/aromatic N) is 3. The Morgan fingerprint density at radius 1 is 0.410 bits per heavy atom. The third kappa shape index (κ3) is 13.8. The second-order valence-electron chi connectivity index (χ2n) is 10.7. The highest BCUT2D eigenvalue weighted by Gasteiger charge is 2.28. The van der Waals surface area contributed by atoms with E-state index in [2.05, 4.69) is 0 Å². The van der Waals surface area contributed by atoms with Crippen LogP contribution in [0.25, 0.3) is 0 Å². The van der Waals surface area contributed by atoms with E-state index in [0.29, 0.717) is 56.0 Å². The fraction of sp³-hybridized carbons (Fsp3) is 0.778. The Kier molecular flexibility index (Phi) is 17.2. The molecule has 0 fully saturated rings. The maximum atomic E-state index is 11.5. The van der Waals surface area contributed by atoms with E-state index in [-0.39, 0.29) is 69.1 Å². The summed E-state index contributed by atoms with van der Waals surface area (Å²) in [5.74, 6) is -0.540. The molecule has 3 N–H and O–H groups in total. The van der Waals surface area contributed by atoms with Gasteiger partial charge in [0.2, 0.25) is 0 Å². The summed E-state index contributed by atoms with van der Waals surface area (Å²) in [5, 5.41) is 33.3. The number of aromatic hydroxyl groups is 3. The summed E-state index contributed by atoms with van der Waals surface area (Å²) in [6.45, 7) is 14.7. The highest BCUT2D eigenvalue weighted by Crippen LogP contribution is 2.44. The first kappa shape index (κ1) is 37.3. The number of alkyl halides is 6. The maximum Gasteiger partial charge on any atom is 0.132 e. The lowest BCUT2D eigenvalue weighted by molar-refractivity contribution is 0.243. The normalized spacial score (nSPS) is 17.0. The first-order valence-electron chi connectivity index (χ1n) is 13.3. The average Bonchev–Trinajstić information content (AvgIpc) is 2.74. The Hall–Kier alpha value is 0.240. The van der Waals surface area contributed by atoms with E-state index in [1.165, 1.54) is 0 Å². The van der Waals surface area contributed by atoms with Gasteiger partial charge in [0.25, 0.3) is 0 Å². The van der Waals surface area contributed by atoms with E-state index in [0.717, 1.165) is 0 Å². The Balaban J connectivity index is 3.72. The minimum Gasteiger partial charge on any atom is -0.507 e. The molecule has 1 rings (SSSR count). The van der Waals surface area contributed by atoms with Crippen molar-refractivity contribution in [3.8, 4) is 17.2 Å². The van der Waals surface area contributed by atoms with Crippen LogP contribution < -0.4 is 0 Å². The fourth-order valence-electron chi connectivity index (χ4n) is 4.75. The van der Waals surface area contributed by atoms with Gasteiger partial charge in [0, 0.05) is 91.2 Å². The van der Waals surface area contributed by atoms with Crippen molar-refractivity contribution in [3.63, 3.8) is 0 Å². The summed E-state index contributed by atoms with van der Waals surface area (Å²) >= 11 is 37.8. The molecule has 228 valence electrons. The minimum atomic E-state index is -0.183. The maximum absolute atomic E-state index is 11.5. The highest BCUT2D eigenvalue weighted by molar-refractivity contribution is 6.21. The van der Waals surface area contributed by atoms with E-state index in [9.17, 15) is 15.3 Å². The molecule has 0 bridgehead atoms.